The quantitative estimate of drug-likeness (QED) is 0.419. The van der Waals surface area contributed by atoms with Gasteiger partial charge < -0.3 is 5.21 Å². The minimum Gasteiger partial charge on any atom is -0.626 e. The highest BCUT2D eigenvalue weighted by Crippen LogP contribution is 2.17. The van der Waals surface area contributed by atoms with Gasteiger partial charge in [-0.05, 0) is 12.0 Å². The lowest BCUT2D eigenvalue weighted by Crippen LogP contribution is -2.61. The molecule has 0 amide bonds. The maximum absolute atomic E-state index is 10.3. The van der Waals surface area contributed by atoms with Crippen LogP contribution in [-0.2, 0) is 0 Å². The summed E-state index contributed by atoms with van der Waals surface area (Å²) < 4.78 is 0. The van der Waals surface area contributed by atoms with Crippen molar-refractivity contribution in [3.05, 3.63) is 41.1 Å². The van der Waals surface area contributed by atoms with Crippen molar-refractivity contribution in [3.63, 3.8) is 0 Å². The summed E-state index contributed by atoms with van der Waals surface area (Å²) in [5, 5.41) is 12.2. The summed E-state index contributed by atoms with van der Waals surface area (Å²) in [7, 11) is 0. The highest BCUT2D eigenvalue weighted by molar-refractivity contribution is 5.62. The fraction of sp³-hybridized carbons (Fsp3) is 0.364. The number of benzene rings is 1. The van der Waals surface area contributed by atoms with E-state index in [0.717, 1.165) is 12.8 Å². The molecule has 1 atom stereocenters. The van der Waals surface area contributed by atoms with Crippen LogP contribution in [0.1, 0.15) is 31.2 Å². The van der Waals surface area contributed by atoms with Crippen LogP contribution in [-0.4, -0.2) is 6.21 Å². The Morgan fingerprint density at radius 3 is 2.62 bits per heavy atom. The van der Waals surface area contributed by atoms with E-state index < -0.39 is 0 Å². The van der Waals surface area contributed by atoms with Crippen molar-refractivity contribution in [2.75, 3.05) is 0 Å². The van der Waals surface area contributed by atoms with Gasteiger partial charge in [-0.3, -0.25) is 0 Å². The second kappa shape index (κ2) is 5.36. The predicted molar refractivity (Wildman–Crippen MR) is 54.5 cm³/mol. The monoisotopic (exact) mass is 177 g/mol. The Labute approximate surface area is 78.9 Å². The van der Waals surface area contributed by atoms with Crippen LogP contribution in [0.2, 0.25) is 0 Å². The molecule has 0 aromatic heterocycles. The molecule has 1 aromatic rings. The highest BCUT2D eigenvalue weighted by atomic mass is 16.4. The first-order chi connectivity index (χ1) is 6.38. The molecule has 0 spiro atoms. The van der Waals surface area contributed by atoms with E-state index in [1.54, 1.807) is 6.21 Å². The summed E-state index contributed by atoms with van der Waals surface area (Å²) in [6.07, 6.45) is 3.70. The number of nitrogens with one attached hydrogen (secondary N) is 1. The zero-order chi connectivity index (χ0) is 9.52. The van der Waals surface area contributed by atoms with Crippen molar-refractivity contribution in [2.45, 2.75) is 25.7 Å². The van der Waals surface area contributed by atoms with Gasteiger partial charge in [0, 0.05) is 0 Å². The Morgan fingerprint density at radius 2 is 2.08 bits per heavy atom. The molecule has 0 heterocycles. The standard InChI is InChI=1S/C11H15NO/c1-2-6-11(9-12-13)10-7-4-3-5-8-10/h3-5,7-9,11-12H,2,6H2,1H3. The lowest BCUT2D eigenvalue weighted by molar-refractivity contribution is -0.369. The Hall–Kier alpha value is -1.31. The molecule has 0 saturated carbocycles. The van der Waals surface area contributed by atoms with Gasteiger partial charge in [0.2, 0.25) is 0 Å². The molecule has 1 N–H and O–H groups in total. The molecule has 0 aliphatic rings. The average Bonchev–Trinajstić information content (AvgIpc) is 2.19. The van der Waals surface area contributed by atoms with E-state index in [9.17, 15) is 5.21 Å². The molecule has 1 aromatic carbocycles. The summed E-state index contributed by atoms with van der Waals surface area (Å²) in [5.41, 5.74) is 1.20. The molecule has 0 fully saturated rings. The molecular formula is C11H15NO. The lowest BCUT2D eigenvalue weighted by Gasteiger charge is -2.07. The fourth-order valence-electron chi connectivity index (χ4n) is 1.44. The topological polar surface area (TPSA) is 37.0 Å². The van der Waals surface area contributed by atoms with Gasteiger partial charge in [-0.2, -0.15) is 0 Å². The molecule has 0 bridgehead atoms. The number of hydrogen-bond donors (Lipinski definition) is 1. The number of hydrogen-bond acceptors (Lipinski definition) is 1. The van der Waals surface area contributed by atoms with Crippen LogP contribution in [0.15, 0.2) is 30.3 Å². The van der Waals surface area contributed by atoms with Gasteiger partial charge in [-0.15, -0.1) is 0 Å². The first-order valence-corrected chi connectivity index (χ1v) is 4.64. The Morgan fingerprint density at radius 1 is 1.38 bits per heavy atom. The molecule has 0 aliphatic carbocycles. The molecular weight excluding hydrogens is 162 g/mol. The van der Waals surface area contributed by atoms with Crippen LogP contribution in [0.3, 0.4) is 0 Å². The molecule has 0 saturated heterocycles. The first kappa shape index (κ1) is 9.78. The Balaban J connectivity index is 2.76. The Kier molecular flexibility index (Phi) is 4.03. The average molecular weight is 177 g/mol. The van der Waals surface area contributed by atoms with Crippen molar-refractivity contribution in [3.8, 4) is 0 Å². The minimum atomic E-state index is 0.240. The van der Waals surface area contributed by atoms with Gasteiger partial charge in [0.25, 0.3) is 0 Å². The van der Waals surface area contributed by atoms with E-state index in [2.05, 4.69) is 6.92 Å². The van der Waals surface area contributed by atoms with Crippen molar-refractivity contribution in [1.82, 2.24) is 0 Å². The largest absolute Gasteiger partial charge is 0.626 e. The van der Waals surface area contributed by atoms with Gasteiger partial charge in [0.1, 0.15) is 0 Å². The van der Waals surface area contributed by atoms with Crippen molar-refractivity contribution < 1.29 is 5.16 Å². The molecule has 13 heavy (non-hydrogen) atoms. The highest BCUT2D eigenvalue weighted by Gasteiger charge is 2.08. The van der Waals surface area contributed by atoms with Crippen LogP contribution < -0.4 is 5.16 Å². The van der Waals surface area contributed by atoms with Gasteiger partial charge in [-0.25, -0.2) is 5.16 Å². The summed E-state index contributed by atoms with van der Waals surface area (Å²) in [5.74, 6) is 0.240. The second-order valence-electron chi connectivity index (χ2n) is 3.09. The molecule has 2 nitrogen and oxygen atoms in total. The summed E-state index contributed by atoms with van der Waals surface area (Å²) >= 11 is 0. The van der Waals surface area contributed by atoms with Crippen LogP contribution >= 0.6 is 0 Å². The van der Waals surface area contributed by atoms with Crippen LogP contribution in [0.4, 0.5) is 0 Å². The molecule has 70 valence electrons. The van der Waals surface area contributed by atoms with Crippen molar-refractivity contribution in [2.24, 2.45) is 0 Å². The maximum Gasteiger partial charge on any atom is 0.156 e. The van der Waals surface area contributed by atoms with Crippen LogP contribution in [0.25, 0.3) is 0 Å². The summed E-state index contributed by atoms with van der Waals surface area (Å²) in [6.45, 7) is 2.12. The van der Waals surface area contributed by atoms with Crippen molar-refractivity contribution in [1.29, 1.82) is 0 Å². The van der Waals surface area contributed by atoms with E-state index in [1.165, 1.54) is 5.56 Å². The molecule has 0 aliphatic heterocycles. The van der Waals surface area contributed by atoms with Gasteiger partial charge in [-0.1, -0.05) is 43.7 Å². The SMILES string of the molecule is CCCC(C=[NH+][O-])c1ccccc1. The third-order valence-electron chi connectivity index (χ3n) is 2.10. The van der Waals surface area contributed by atoms with Crippen LogP contribution in [0.5, 0.6) is 0 Å². The zero-order valence-corrected chi connectivity index (χ0v) is 7.86. The van der Waals surface area contributed by atoms with Gasteiger partial charge >= 0.3 is 0 Å². The zero-order valence-electron chi connectivity index (χ0n) is 7.86. The Bertz CT molecular complexity index is 256. The fourth-order valence-corrected chi connectivity index (χ4v) is 1.44. The molecule has 2 heteroatoms. The molecule has 1 unspecified atom stereocenters. The van der Waals surface area contributed by atoms with E-state index in [1.807, 2.05) is 35.5 Å². The third kappa shape index (κ3) is 2.90. The van der Waals surface area contributed by atoms with E-state index in [0.29, 0.717) is 0 Å². The first-order valence-electron chi connectivity index (χ1n) is 4.64. The normalized spacial score (nSPS) is 13.3. The lowest BCUT2D eigenvalue weighted by atomic mass is 9.96. The number of rotatable bonds is 4. The van der Waals surface area contributed by atoms with Crippen molar-refractivity contribution >= 4 is 6.21 Å². The molecule has 1 rings (SSSR count). The maximum atomic E-state index is 10.3. The third-order valence-corrected chi connectivity index (χ3v) is 2.10. The predicted octanol–water partition coefficient (Wildman–Crippen LogP) is 1.22. The minimum absolute atomic E-state index is 0.240. The summed E-state index contributed by atoms with van der Waals surface area (Å²) in [6, 6.07) is 10.1. The smallest absolute Gasteiger partial charge is 0.156 e. The van der Waals surface area contributed by atoms with Gasteiger partial charge in [0.15, 0.2) is 6.21 Å². The summed E-state index contributed by atoms with van der Waals surface area (Å²) in [4.78, 5) is 0. The van der Waals surface area contributed by atoms with E-state index in [-0.39, 0.29) is 5.92 Å². The van der Waals surface area contributed by atoms with Gasteiger partial charge in [0.05, 0.1) is 5.92 Å². The van der Waals surface area contributed by atoms with Crippen LogP contribution in [0, 0.1) is 5.21 Å². The van der Waals surface area contributed by atoms with E-state index in [4.69, 9.17) is 0 Å². The molecule has 0 radical (unpaired) electrons. The van der Waals surface area contributed by atoms with E-state index >= 15 is 0 Å². The second-order valence-corrected chi connectivity index (χ2v) is 3.09.